The summed E-state index contributed by atoms with van der Waals surface area (Å²) in [5, 5.41) is 10.6. The van der Waals surface area contributed by atoms with Crippen molar-refractivity contribution in [1.82, 2.24) is 4.90 Å². The van der Waals surface area contributed by atoms with Crippen LogP contribution >= 0.6 is 0 Å². The molecule has 0 saturated heterocycles. The Morgan fingerprint density at radius 2 is 2.12 bits per heavy atom. The molecule has 4 heteroatoms. The highest BCUT2D eigenvalue weighted by molar-refractivity contribution is 5.87. The molecule has 0 spiro atoms. The smallest absolute Gasteiger partial charge is 0.246 e. The molecule has 0 aromatic heterocycles. The fraction of sp³-hybridized carbons (Fsp3) is 0.286. The van der Waals surface area contributed by atoms with E-state index in [4.69, 9.17) is 4.74 Å². The summed E-state index contributed by atoms with van der Waals surface area (Å²) in [4.78, 5) is 14.3. The van der Waals surface area contributed by atoms with Gasteiger partial charge in [-0.05, 0) is 47.4 Å². The van der Waals surface area contributed by atoms with Gasteiger partial charge in [0.2, 0.25) is 5.91 Å². The van der Waals surface area contributed by atoms with Gasteiger partial charge in [-0.15, -0.1) is 0 Å². The van der Waals surface area contributed by atoms with E-state index in [0.29, 0.717) is 13.0 Å². The van der Waals surface area contributed by atoms with Crippen LogP contribution in [0.25, 0.3) is 0 Å². The number of ether oxygens (including phenoxy) is 1. The summed E-state index contributed by atoms with van der Waals surface area (Å²) in [5.41, 5.74) is 4.16. The lowest BCUT2D eigenvalue weighted by molar-refractivity contribution is -0.131. The van der Waals surface area contributed by atoms with Crippen LogP contribution in [0.5, 0.6) is 5.75 Å². The van der Waals surface area contributed by atoms with Crippen molar-refractivity contribution < 1.29 is 14.6 Å². The number of aryl methyl sites for hydroxylation is 1. The molecule has 4 nitrogen and oxygen atoms in total. The largest absolute Gasteiger partial charge is 0.497 e. The second-order valence-electron chi connectivity index (χ2n) is 6.38. The Balaban J connectivity index is 1.99. The average Bonchev–Trinajstić information content (AvgIpc) is 2.96. The minimum Gasteiger partial charge on any atom is -0.497 e. The SMILES string of the molecule is C=CC(=O)N(Cc1cc(OC)ccc1C)[C@H]1c2ccccc2C[C@H]1O. The number of aliphatic hydroxyl groups is 1. The molecule has 0 aliphatic heterocycles. The zero-order chi connectivity index (χ0) is 18.0. The lowest BCUT2D eigenvalue weighted by atomic mass is 10.0. The minimum absolute atomic E-state index is 0.192. The van der Waals surface area contributed by atoms with Gasteiger partial charge in [0.05, 0.1) is 19.3 Å². The van der Waals surface area contributed by atoms with E-state index in [-0.39, 0.29) is 11.9 Å². The van der Waals surface area contributed by atoms with Crippen LogP contribution in [-0.4, -0.2) is 29.1 Å². The third-order valence-corrected chi connectivity index (χ3v) is 4.86. The van der Waals surface area contributed by atoms with Gasteiger partial charge in [-0.3, -0.25) is 4.79 Å². The van der Waals surface area contributed by atoms with Gasteiger partial charge >= 0.3 is 0 Å². The Morgan fingerprint density at radius 3 is 2.84 bits per heavy atom. The molecule has 0 unspecified atom stereocenters. The van der Waals surface area contributed by atoms with Crippen LogP contribution < -0.4 is 4.74 Å². The van der Waals surface area contributed by atoms with Crippen LogP contribution in [0.3, 0.4) is 0 Å². The van der Waals surface area contributed by atoms with Crippen LogP contribution in [-0.2, 0) is 17.8 Å². The molecule has 2 atom stereocenters. The molecule has 2 aromatic carbocycles. The maximum Gasteiger partial charge on any atom is 0.246 e. The molecule has 1 aliphatic rings. The van der Waals surface area contributed by atoms with E-state index in [1.807, 2.05) is 49.4 Å². The Morgan fingerprint density at radius 1 is 1.36 bits per heavy atom. The summed E-state index contributed by atoms with van der Waals surface area (Å²) in [5.74, 6) is 0.557. The Labute approximate surface area is 148 Å². The minimum atomic E-state index is -0.618. The Bertz CT molecular complexity index is 799. The standard InChI is InChI=1S/C21H23NO3/c1-4-20(24)22(13-16-11-17(25-3)10-9-14(16)2)21-18-8-6-5-7-15(18)12-19(21)23/h4-11,19,21,23H,1,12-13H2,2-3H3/t19-,21+/m1/s1. The molecule has 0 saturated carbocycles. The van der Waals surface area contributed by atoms with Crippen molar-refractivity contribution >= 4 is 5.91 Å². The van der Waals surface area contributed by atoms with Gasteiger partial charge in [-0.25, -0.2) is 0 Å². The quantitative estimate of drug-likeness (QED) is 0.853. The number of rotatable bonds is 5. The van der Waals surface area contributed by atoms with Gasteiger partial charge in [-0.1, -0.05) is 36.9 Å². The molecular weight excluding hydrogens is 314 g/mol. The number of benzene rings is 2. The van der Waals surface area contributed by atoms with E-state index < -0.39 is 6.10 Å². The molecular formula is C21H23NO3. The van der Waals surface area contributed by atoms with Crippen molar-refractivity contribution in [2.24, 2.45) is 0 Å². The number of hydrogen-bond acceptors (Lipinski definition) is 3. The summed E-state index contributed by atoms with van der Waals surface area (Å²) in [6, 6.07) is 13.3. The van der Waals surface area contributed by atoms with Crippen molar-refractivity contribution in [2.75, 3.05) is 7.11 Å². The summed E-state index contributed by atoms with van der Waals surface area (Å²) >= 11 is 0. The number of fused-ring (bicyclic) bond motifs is 1. The molecule has 2 aromatic rings. The van der Waals surface area contributed by atoms with Gasteiger partial charge in [0.1, 0.15) is 5.75 Å². The van der Waals surface area contributed by atoms with Crippen molar-refractivity contribution in [3.05, 3.63) is 77.4 Å². The summed E-state index contributed by atoms with van der Waals surface area (Å²) < 4.78 is 5.31. The lowest BCUT2D eigenvalue weighted by Crippen LogP contribution is -2.37. The van der Waals surface area contributed by atoms with E-state index in [2.05, 4.69) is 6.58 Å². The van der Waals surface area contributed by atoms with Gasteiger partial charge < -0.3 is 14.7 Å². The molecule has 0 radical (unpaired) electrons. The van der Waals surface area contributed by atoms with E-state index in [9.17, 15) is 9.90 Å². The third kappa shape index (κ3) is 3.30. The van der Waals surface area contributed by atoms with Gasteiger partial charge in [-0.2, -0.15) is 0 Å². The molecule has 3 rings (SSSR count). The van der Waals surface area contributed by atoms with Crippen LogP contribution in [0, 0.1) is 6.92 Å². The molecule has 25 heavy (non-hydrogen) atoms. The number of carbonyl (C=O) groups excluding carboxylic acids is 1. The second-order valence-corrected chi connectivity index (χ2v) is 6.38. The van der Waals surface area contributed by atoms with E-state index in [0.717, 1.165) is 28.0 Å². The normalized spacial score (nSPS) is 18.5. The molecule has 1 N–H and O–H groups in total. The van der Waals surface area contributed by atoms with Crippen molar-refractivity contribution in [3.63, 3.8) is 0 Å². The molecule has 1 amide bonds. The zero-order valence-electron chi connectivity index (χ0n) is 14.6. The summed E-state index contributed by atoms with van der Waals surface area (Å²) in [7, 11) is 1.62. The van der Waals surface area contributed by atoms with Gasteiger partial charge in [0.25, 0.3) is 0 Å². The predicted octanol–water partition coefficient (Wildman–Crippen LogP) is 3.18. The zero-order valence-corrected chi connectivity index (χ0v) is 14.6. The topological polar surface area (TPSA) is 49.8 Å². The van der Waals surface area contributed by atoms with Crippen molar-refractivity contribution in [1.29, 1.82) is 0 Å². The van der Waals surface area contributed by atoms with Gasteiger partial charge in [0, 0.05) is 13.0 Å². The average molecular weight is 337 g/mol. The van der Waals surface area contributed by atoms with E-state index in [1.54, 1.807) is 12.0 Å². The lowest BCUT2D eigenvalue weighted by Gasteiger charge is -2.31. The predicted molar refractivity (Wildman–Crippen MR) is 97.4 cm³/mol. The Kier molecular flexibility index (Phi) is 4.91. The molecule has 0 heterocycles. The van der Waals surface area contributed by atoms with Crippen LogP contribution in [0.15, 0.2) is 55.1 Å². The monoisotopic (exact) mass is 337 g/mol. The summed E-state index contributed by atoms with van der Waals surface area (Å²) in [6.07, 6.45) is 1.24. The maximum absolute atomic E-state index is 12.6. The first-order valence-corrected chi connectivity index (χ1v) is 8.37. The number of amides is 1. The maximum atomic E-state index is 12.6. The molecule has 130 valence electrons. The first-order valence-electron chi connectivity index (χ1n) is 8.37. The highest BCUT2D eigenvalue weighted by Crippen LogP contribution is 2.37. The van der Waals surface area contributed by atoms with E-state index >= 15 is 0 Å². The number of carbonyl (C=O) groups is 1. The van der Waals surface area contributed by atoms with Crippen LogP contribution in [0.4, 0.5) is 0 Å². The van der Waals surface area contributed by atoms with Crippen molar-refractivity contribution in [2.45, 2.75) is 32.0 Å². The van der Waals surface area contributed by atoms with E-state index in [1.165, 1.54) is 6.08 Å². The second kappa shape index (κ2) is 7.11. The Hall–Kier alpha value is -2.59. The number of nitrogens with zero attached hydrogens (tertiary/aromatic N) is 1. The number of hydrogen-bond donors (Lipinski definition) is 1. The highest BCUT2D eigenvalue weighted by atomic mass is 16.5. The van der Waals surface area contributed by atoms with Crippen LogP contribution in [0.1, 0.15) is 28.3 Å². The van der Waals surface area contributed by atoms with Crippen LogP contribution in [0.2, 0.25) is 0 Å². The molecule has 1 aliphatic carbocycles. The fourth-order valence-electron chi connectivity index (χ4n) is 3.49. The number of methoxy groups -OCH3 is 1. The molecule has 0 bridgehead atoms. The fourth-order valence-corrected chi connectivity index (χ4v) is 3.49. The highest BCUT2D eigenvalue weighted by Gasteiger charge is 2.37. The molecule has 0 fully saturated rings. The third-order valence-electron chi connectivity index (χ3n) is 4.86. The van der Waals surface area contributed by atoms with Crippen molar-refractivity contribution in [3.8, 4) is 5.75 Å². The first-order chi connectivity index (χ1) is 12.0. The summed E-state index contributed by atoms with van der Waals surface area (Å²) in [6.45, 7) is 6.03. The number of aliphatic hydroxyl groups excluding tert-OH is 1. The first kappa shape index (κ1) is 17.2. The van der Waals surface area contributed by atoms with Gasteiger partial charge in [0.15, 0.2) is 0 Å².